The fourth-order valence-corrected chi connectivity index (χ4v) is 8.09. The predicted molar refractivity (Wildman–Crippen MR) is 214 cm³/mol. The van der Waals surface area contributed by atoms with Crippen LogP contribution in [0.1, 0.15) is 146 Å². The number of rotatable bonds is 4. The molecule has 4 atom stereocenters. The first kappa shape index (κ1) is 35.2. The molecule has 0 aliphatic heterocycles. The lowest BCUT2D eigenvalue weighted by Crippen LogP contribution is -2.31. The van der Waals surface area contributed by atoms with E-state index in [1.807, 2.05) is 0 Å². The third kappa shape index (κ3) is 7.31. The summed E-state index contributed by atoms with van der Waals surface area (Å²) < 4.78 is 0. The maximum absolute atomic E-state index is 2.67. The molecule has 4 aromatic rings. The quantitative estimate of drug-likeness (QED) is 0.207. The Bertz CT molecular complexity index is 1670. The fourth-order valence-electron chi connectivity index (χ4n) is 8.09. The van der Waals surface area contributed by atoms with E-state index in [0.29, 0.717) is 23.7 Å². The third-order valence-electron chi connectivity index (χ3n) is 11.4. The Morgan fingerprint density at radius 3 is 0.837 bits per heavy atom. The minimum absolute atomic E-state index is 0.129. The highest BCUT2D eigenvalue weighted by Gasteiger charge is 2.42. The Labute approximate surface area is 298 Å². The summed E-state index contributed by atoms with van der Waals surface area (Å²) in [5.41, 5.74) is 14.7. The molecule has 0 saturated carbocycles. The molecule has 0 radical (unpaired) electrons. The zero-order valence-electron chi connectivity index (χ0n) is 32.4. The number of hydrogen-bond donors (Lipinski definition) is 0. The highest BCUT2D eigenvalue weighted by Crippen LogP contribution is 2.57. The van der Waals surface area contributed by atoms with E-state index < -0.39 is 0 Å². The van der Waals surface area contributed by atoms with E-state index in [0.717, 1.165) is 6.42 Å². The zero-order chi connectivity index (χ0) is 35.5. The van der Waals surface area contributed by atoms with Crippen LogP contribution in [-0.4, -0.2) is 0 Å². The van der Waals surface area contributed by atoms with Crippen LogP contribution < -0.4 is 0 Å². The molecular formula is C49H60. The summed E-state index contributed by atoms with van der Waals surface area (Å²) in [7, 11) is 0. The minimum atomic E-state index is 0.129. The second kappa shape index (κ2) is 12.6. The van der Waals surface area contributed by atoms with Crippen molar-refractivity contribution in [1.82, 2.24) is 0 Å². The first-order valence-corrected chi connectivity index (χ1v) is 18.7. The summed E-state index contributed by atoms with van der Waals surface area (Å²) in [6, 6.07) is 38.2. The molecule has 0 amide bonds. The molecule has 4 aromatic carbocycles. The van der Waals surface area contributed by atoms with Crippen LogP contribution in [-0.2, 0) is 21.7 Å². The number of allylic oxidation sites excluding steroid dienone is 4. The van der Waals surface area contributed by atoms with Gasteiger partial charge in [0.15, 0.2) is 0 Å². The van der Waals surface area contributed by atoms with Crippen LogP contribution in [0.5, 0.6) is 0 Å². The van der Waals surface area contributed by atoms with Crippen molar-refractivity contribution >= 4 is 11.1 Å². The summed E-state index contributed by atoms with van der Waals surface area (Å²) >= 11 is 0. The lowest BCUT2D eigenvalue weighted by Gasteiger charge is -2.45. The Morgan fingerprint density at radius 1 is 0.347 bits per heavy atom. The zero-order valence-corrected chi connectivity index (χ0v) is 32.4. The molecule has 2 aliphatic carbocycles. The van der Waals surface area contributed by atoms with E-state index >= 15 is 0 Å². The topological polar surface area (TPSA) is 0 Å². The molecule has 2 bridgehead atoms. The molecule has 0 heterocycles. The lowest BCUT2D eigenvalue weighted by atomic mass is 9.59. The van der Waals surface area contributed by atoms with E-state index in [9.17, 15) is 0 Å². The first-order chi connectivity index (χ1) is 22.8. The Morgan fingerprint density at radius 2 is 0.592 bits per heavy atom. The van der Waals surface area contributed by atoms with Gasteiger partial charge in [0.2, 0.25) is 0 Å². The summed E-state index contributed by atoms with van der Waals surface area (Å²) in [6.45, 7) is 27.7. The molecule has 0 unspecified atom stereocenters. The number of benzene rings is 4. The van der Waals surface area contributed by atoms with Gasteiger partial charge < -0.3 is 0 Å². The summed E-state index contributed by atoms with van der Waals surface area (Å²) in [5.74, 6) is 1.43. The Balaban J connectivity index is 1.53. The molecule has 6 rings (SSSR count). The first-order valence-electron chi connectivity index (χ1n) is 18.7. The maximum atomic E-state index is 2.67. The van der Waals surface area contributed by atoms with Crippen LogP contribution in [0, 0.1) is 11.8 Å². The van der Waals surface area contributed by atoms with Gasteiger partial charge in [0, 0.05) is 11.8 Å². The summed E-state index contributed by atoms with van der Waals surface area (Å²) in [4.78, 5) is 0. The van der Waals surface area contributed by atoms with Gasteiger partial charge in [-0.2, -0.15) is 0 Å². The van der Waals surface area contributed by atoms with Gasteiger partial charge in [0.25, 0.3) is 0 Å². The highest BCUT2D eigenvalue weighted by molar-refractivity contribution is 5.79. The molecule has 2 aliphatic rings. The highest BCUT2D eigenvalue weighted by atomic mass is 14.5. The minimum Gasteiger partial charge on any atom is -0.0723 e. The van der Waals surface area contributed by atoms with Crippen LogP contribution in [0.3, 0.4) is 0 Å². The fraction of sp³-hybridized carbons (Fsp3) is 0.429. The number of hydrogen-bond acceptors (Lipinski definition) is 0. The van der Waals surface area contributed by atoms with Gasteiger partial charge in [0.05, 0.1) is 0 Å². The van der Waals surface area contributed by atoms with E-state index in [1.165, 1.54) is 55.7 Å². The van der Waals surface area contributed by atoms with Gasteiger partial charge in [-0.05, 0) is 95.6 Å². The van der Waals surface area contributed by atoms with E-state index in [-0.39, 0.29) is 21.7 Å². The molecule has 0 spiro atoms. The second-order valence-corrected chi connectivity index (χ2v) is 19.1. The van der Waals surface area contributed by atoms with Gasteiger partial charge in [0.1, 0.15) is 0 Å². The van der Waals surface area contributed by atoms with Crippen molar-refractivity contribution in [2.75, 3.05) is 0 Å². The summed E-state index contributed by atoms with van der Waals surface area (Å²) in [5, 5.41) is 0. The van der Waals surface area contributed by atoms with Crippen LogP contribution in [0.2, 0.25) is 0 Å². The third-order valence-corrected chi connectivity index (χ3v) is 11.4. The van der Waals surface area contributed by atoms with Crippen molar-refractivity contribution in [2.24, 2.45) is 11.8 Å². The van der Waals surface area contributed by atoms with Gasteiger partial charge >= 0.3 is 0 Å². The van der Waals surface area contributed by atoms with Crippen molar-refractivity contribution in [2.45, 2.75) is 123 Å². The molecule has 0 fully saturated rings. The van der Waals surface area contributed by atoms with Crippen molar-refractivity contribution in [3.63, 3.8) is 0 Å². The molecule has 0 aromatic heterocycles. The monoisotopic (exact) mass is 648 g/mol. The van der Waals surface area contributed by atoms with Crippen LogP contribution in [0.25, 0.3) is 11.1 Å². The largest absolute Gasteiger partial charge is 0.0723 e. The van der Waals surface area contributed by atoms with Crippen LogP contribution in [0.15, 0.2) is 109 Å². The molecule has 0 saturated heterocycles. The lowest BCUT2D eigenvalue weighted by molar-refractivity contribution is 0.403. The maximum Gasteiger partial charge on any atom is 0.00931 e. The Kier molecular flexibility index (Phi) is 9.05. The Hall–Kier alpha value is -3.64. The smallest absolute Gasteiger partial charge is 0.00931 e. The van der Waals surface area contributed by atoms with Crippen molar-refractivity contribution < 1.29 is 0 Å². The van der Waals surface area contributed by atoms with Crippen molar-refractivity contribution in [3.05, 3.63) is 154 Å². The van der Waals surface area contributed by atoms with Crippen LogP contribution in [0.4, 0.5) is 0 Å². The normalized spacial score (nSPS) is 21.6. The molecule has 0 heteroatoms. The van der Waals surface area contributed by atoms with Crippen LogP contribution >= 0.6 is 0 Å². The second-order valence-electron chi connectivity index (χ2n) is 19.1. The van der Waals surface area contributed by atoms with Crippen molar-refractivity contribution in [3.8, 4) is 0 Å². The molecule has 0 nitrogen and oxygen atoms in total. The average molecular weight is 649 g/mol. The SMILES string of the molecule is CC(C)(C)c1ccc(C2=C[C@@H](c3ccc(C(C)(C)C)cc3)[C@H]3C[C@H]2[C@H](c2ccc(C(C)(C)C)cc2)C=C3c2ccc(C(C)(C)C)cc2)cc1. The van der Waals surface area contributed by atoms with Gasteiger partial charge in [-0.3, -0.25) is 0 Å². The molecule has 49 heavy (non-hydrogen) atoms. The summed E-state index contributed by atoms with van der Waals surface area (Å²) in [6.07, 6.45) is 6.48. The number of fused-ring (bicyclic) bond motifs is 2. The van der Waals surface area contributed by atoms with Crippen molar-refractivity contribution in [1.29, 1.82) is 0 Å². The van der Waals surface area contributed by atoms with E-state index in [2.05, 4.69) is 192 Å². The van der Waals surface area contributed by atoms with E-state index in [4.69, 9.17) is 0 Å². The van der Waals surface area contributed by atoms with Gasteiger partial charge in [-0.15, -0.1) is 0 Å². The van der Waals surface area contributed by atoms with Gasteiger partial charge in [-0.25, -0.2) is 0 Å². The standard InChI is InChI=1S/C49H60/c1-46(2,3)36-21-13-32(14-22-36)40-29-41(33-15-23-37(24-16-33)47(4,5)6)45-31-44(40)42(34-17-25-38(26-18-34)48(7,8)9)30-43(45)35-19-27-39(28-20-35)49(10,11)12/h13-30,40,43-45H,31H2,1-12H3/t40-,43-,44-,45-/m0/s1. The molecular weight excluding hydrogens is 589 g/mol. The molecule has 256 valence electrons. The molecule has 0 N–H and O–H groups in total. The predicted octanol–water partition coefficient (Wildman–Crippen LogP) is 13.6. The average Bonchev–Trinajstić information content (AvgIpc) is 3.04. The van der Waals surface area contributed by atoms with Gasteiger partial charge in [-0.1, -0.05) is 192 Å². The van der Waals surface area contributed by atoms with E-state index in [1.54, 1.807) is 0 Å².